The van der Waals surface area contributed by atoms with Gasteiger partial charge in [-0.2, -0.15) is 0 Å². The monoisotopic (exact) mass is 358 g/mol. The second-order valence-corrected chi connectivity index (χ2v) is 6.83. The van der Waals surface area contributed by atoms with Gasteiger partial charge in [0.15, 0.2) is 0 Å². The fourth-order valence-corrected chi connectivity index (χ4v) is 3.37. The molecule has 0 aliphatic carbocycles. The van der Waals surface area contributed by atoms with Crippen molar-refractivity contribution in [3.05, 3.63) is 59.4 Å². The number of carbonyl (C=O) groups excluding carboxylic acids is 1. The number of nitrogens with zero attached hydrogens (tertiary/aromatic N) is 2. The maximum absolute atomic E-state index is 12.5. The van der Waals surface area contributed by atoms with Crippen LogP contribution in [0.1, 0.15) is 24.8 Å². The molecule has 5 heteroatoms. The number of likely N-dealkylation sites (tertiary alicyclic amines) is 1. The molecular formula is C20H23ClN2O2. The van der Waals surface area contributed by atoms with Gasteiger partial charge in [0.05, 0.1) is 19.2 Å². The lowest BCUT2D eigenvalue weighted by molar-refractivity contribution is -0.131. The van der Waals surface area contributed by atoms with Crippen LogP contribution in [0.15, 0.2) is 48.8 Å². The van der Waals surface area contributed by atoms with Crippen molar-refractivity contribution in [3.63, 3.8) is 0 Å². The molecule has 0 radical (unpaired) electrons. The lowest BCUT2D eigenvalue weighted by Crippen LogP contribution is -2.39. The van der Waals surface area contributed by atoms with Gasteiger partial charge in [0.25, 0.3) is 0 Å². The molecule has 1 aliphatic heterocycles. The molecule has 25 heavy (non-hydrogen) atoms. The summed E-state index contributed by atoms with van der Waals surface area (Å²) in [6.07, 6.45) is 6.93. The zero-order valence-corrected chi connectivity index (χ0v) is 15.0. The summed E-state index contributed by atoms with van der Waals surface area (Å²) in [5.41, 5.74) is 0.904. The van der Waals surface area contributed by atoms with Gasteiger partial charge in [-0.25, -0.2) is 0 Å². The largest absolute Gasteiger partial charge is 0.492 e. The van der Waals surface area contributed by atoms with E-state index >= 15 is 0 Å². The molecule has 0 bridgehead atoms. The number of ether oxygens (including phenoxy) is 1. The topological polar surface area (TPSA) is 42.4 Å². The number of hydrogen-bond donors (Lipinski definition) is 0. The Morgan fingerprint density at radius 1 is 1.20 bits per heavy atom. The van der Waals surface area contributed by atoms with Gasteiger partial charge in [-0.1, -0.05) is 29.8 Å². The van der Waals surface area contributed by atoms with Crippen molar-refractivity contribution in [2.75, 3.05) is 19.7 Å². The predicted octanol–water partition coefficient (Wildman–Crippen LogP) is 3.99. The van der Waals surface area contributed by atoms with E-state index in [1.54, 1.807) is 12.4 Å². The van der Waals surface area contributed by atoms with E-state index in [9.17, 15) is 4.79 Å². The van der Waals surface area contributed by atoms with Crippen LogP contribution in [0.3, 0.4) is 0 Å². The van der Waals surface area contributed by atoms with Crippen LogP contribution in [0.2, 0.25) is 5.02 Å². The van der Waals surface area contributed by atoms with Crippen LogP contribution >= 0.6 is 11.6 Å². The van der Waals surface area contributed by atoms with Gasteiger partial charge >= 0.3 is 0 Å². The van der Waals surface area contributed by atoms with Gasteiger partial charge in [-0.05, 0) is 48.9 Å². The Bertz CT molecular complexity index is 685. The number of aromatic nitrogens is 1. The van der Waals surface area contributed by atoms with Gasteiger partial charge in [0, 0.05) is 24.3 Å². The Morgan fingerprint density at radius 3 is 2.72 bits per heavy atom. The first-order valence-electron chi connectivity index (χ1n) is 8.76. The van der Waals surface area contributed by atoms with Crippen LogP contribution in [0.25, 0.3) is 0 Å². The lowest BCUT2D eigenvalue weighted by Gasteiger charge is -2.32. The molecule has 2 heterocycles. The van der Waals surface area contributed by atoms with Crippen LogP contribution in [-0.4, -0.2) is 35.5 Å². The molecule has 0 unspecified atom stereocenters. The molecule has 132 valence electrons. The van der Waals surface area contributed by atoms with Crippen molar-refractivity contribution in [3.8, 4) is 5.75 Å². The van der Waals surface area contributed by atoms with Gasteiger partial charge < -0.3 is 9.64 Å². The molecule has 1 fully saturated rings. The average Bonchev–Trinajstić information content (AvgIpc) is 2.65. The highest BCUT2D eigenvalue weighted by molar-refractivity contribution is 6.31. The Balaban J connectivity index is 1.39. The average molecular weight is 359 g/mol. The van der Waals surface area contributed by atoms with Crippen molar-refractivity contribution in [2.24, 2.45) is 5.92 Å². The predicted molar refractivity (Wildman–Crippen MR) is 98.8 cm³/mol. The zero-order chi connectivity index (χ0) is 17.5. The first-order chi connectivity index (χ1) is 12.2. The summed E-state index contributed by atoms with van der Waals surface area (Å²) in [5, 5.41) is 0.665. The molecule has 0 saturated carbocycles. The summed E-state index contributed by atoms with van der Waals surface area (Å²) in [7, 11) is 0. The molecule has 1 aromatic carbocycles. The Hall–Kier alpha value is -2.07. The number of rotatable bonds is 6. The fourth-order valence-electron chi connectivity index (χ4n) is 3.16. The minimum Gasteiger partial charge on any atom is -0.492 e. The van der Waals surface area contributed by atoms with E-state index in [4.69, 9.17) is 16.3 Å². The highest BCUT2D eigenvalue weighted by Gasteiger charge is 2.23. The molecule has 0 atom stereocenters. The lowest BCUT2D eigenvalue weighted by atomic mass is 9.93. The number of hydrogen-bond acceptors (Lipinski definition) is 3. The van der Waals surface area contributed by atoms with E-state index in [-0.39, 0.29) is 5.91 Å². The van der Waals surface area contributed by atoms with E-state index in [1.165, 1.54) is 0 Å². The van der Waals surface area contributed by atoms with Gasteiger partial charge in [0.1, 0.15) is 5.75 Å². The first-order valence-corrected chi connectivity index (χ1v) is 9.14. The highest BCUT2D eigenvalue weighted by Crippen LogP contribution is 2.23. The summed E-state index contributed by atoms with van der Waals surface area (Å²) < 4.78 is 5.72. The first kappa shape index (κ1) is 17.7. The summed E-state index contributed by atoms with van der Waals surface area (Å²) >= 11 is 6.15. The van der Waals surface area contributed by atoms with E-state index < -0.39 is 0 Å². The van der Waals surface area contributed by atoms with E-state index in [0.717, 1.165) is 43.7 Å². The third-order valence-electron chi connectivity index (χ3n) is 4.70. The number of piperidine rings is 1. The quantitative estimate of drug-likeness (QED) is 0.784. The minimum atomic E-state index is 0.165. The smallest absolute Gasteiger partial charge is 0.227 e. The molecule has 2 aromatic rings. The second-order valence-electron chi connectivity index (χ2n) is 6.42. The molecular weight excluding hydrogens is 336 g/mol. The third-order valence-corrected chi connectivity index (χ3v) is 5.06. The zero-order valence-electron chi connectivity index (χ0n) is 14.2. The van der Waals surface area contributed by atoms with Crippen LogP contribution in [0.4, 0.5) is 0 Å². The van der Waals surface area contributed by atoms with Crippen LogP contribution in [-0.2, 0) is 11.2 Å². The van der Waals surface area contributed by atoms with Gasteiger partial charge in [-0.15, -0.1) is 0 Å². The summed E-state index contributed by atoms with van der Waals surface area (Å²) in [6.45, 7) is 2.34. The SMILES string of the molecule is O=C(Cc1ccccc1Cl)N1CCC(CCOc2cccnc2)CC1. The summed E-state index contributed by atoms with van der Waals surface area (Å²) in [4.78, 5) is 18.5. The fraction of sp³-hybridized carbons (Fsp3) is 0.400. The van der Waals surface area contributed by atoms with Crippen molar-refractivity contribution in [2.45, 2.75) is 25.7 Å². The Kier molecular flexibility index (Phi) is 6.29. The second kappa shape index (κ2) is 8.86. The molecule has 1 amide bonds. The maximum Gasteiger partial charge on any atom is 0.227 e. The van der Waals surface area contributed by atoms with E-state index in [0.29, 0.717) is 24.0 Å². The number of pyridine rings is 1. The molecule has 0 spiro atoms. The van der Waals surface area contributed by atoms with Crippen molar-refractivity contribution >= 4 is 17.5 Å². The molecule has 1 aliphatic rings. The van der Waals surface area contributed by atoms with Gasteiger partial charge in [-0.3, -0.25) is 9.78 Å². The van der Waals surface area contributed by atoms with Gasteiger partial charge in [0.2, 0.25) is 5.91 Å². The van der Waals surface area contributed by atoms with Crippen molar-refractivity contribution in [1.82, 2.24) is 9.88 Å². The van der Waals surface area contributed by atoms with Crippen LogP contribution in [0, 0.1) is 5.92 Å². The van der Waals surface area contributed by atoms with Crippen molar-refractivity contribution in [1.29, 1.82) is 0 Å². The van der Waals surface area contributed by atoms with Crippen LogP contribution < -0.4 is 4.74 Å². The molecule has 1 saturated heterocycles. The summed E-state index contributed by atoms with van der Waals surface area (Å²) in [5.74, 6) is 1.59. The number of amides is 1. The third kappa shape index (κ3) is 5.20. The molecule has 3 rings (SSSR count). The molecule has 0 N–H and O–H groups in total. The number of carbonyl (C=O) groups is 1. The number of benzene rings is 1. The van der Waals surface area contributed by atoms with E-state index in [2.05, 4.69) is 4.98 Å². The molecule has 4 nitrogen and oxygen atoms in total. The minimum absolute atomic E-state index is 0.165. The summed E-state index contributed by atoms with van der Waals surface area (Å²) in [6, 6.07) is 11.3. The Labute approximate surface area is 153 Å². The van der Waals surface area contributed by atoms with Crippen molar-refractivity contribution < 1.29 is 9.53 Å². The molecule has 1 aromatic heterocycles. The van der Waals surface area contributed by atoms with E-state index in [1.807, 2.05) is 41.3 Å². The maximum atomic E-state index is 12.5. The van der Waals surface area contributed by atoms with Crippen LogP contribution in [0.5, 0.6) is 5.75 Å². The Morgan fingerprint density at radius 2 is 2.00 bits per heavy atom. The standard InChI is InChI=1S/C20H23ClN2O2/c21-19-6-2-1-4-17(19)14-20(24)23-11-7-16(8-12-23)9-13-25-18-5-3-10-22-15-18/h1-6,10,15-16H,7-9,11-14H2. The highest BCUT2D eigenvalue weighted by atomic mass is 35.5. The number of halogens is 1. The normalized spacial score (nSPS) is 15.2.